The third-order valence-corrected chi connectivity index (χ3v) is 3.24. The van der Waals surface area contributed by atoms with Gasteiger partial charge in [0, 0.05) is 0 Å². The van der Waals surface area contributed by atoms with Crippen LogP contribution in [0.15, 0.2) is 0 Å². The van der Waals surface area contributed by atoms with Crippen LogP contribution in [0.1, 0.15) is 20.3 Å². The molecule has 1 saturated carbocycles. The van der Waals surface area contributed by atoms with Crippen molar-refractivity contribution in [3.63, 3.8) is 0 Å². The highest BCUT2D eigenvalue weighted by Gasteiger charge is 2.98. The van der Waals surface area contributed by atoms with Crippen LogP contribution in [0.4, 0.5) is 30.7 Å². The number of alkyl halides is 7. The Hall–Kier alpha value is -0.490. The Morgan fingerprint density at radius 2 is 1.33 bits per heavy atom. The summed E-state index contributed by atoms with van der Waals surface area (Å²) >= 11 is 0. The molecule has 0 saturated heterocycles. The maximum atomic E-state index is 12.8. The van der Waals surface area contributed by atoms with Crippen LogP contribution < -0.4 is 0 Å². The van der Waals surface area contributed by atoms with Crippen molar-refractivity contribution in [3.8, 4) is 0 Å². The van der Waals surface area contributed by atoms with Crippen molar-refractivity contribution >= 4 is 0 Å². The van der Waals surface area contributed by atoms with E-state index >= 15 is 0 Å². The van der Waals surface area contributed by atoms with E-state index in [1.165, 1.54) is 0 Å². The van der Waals surface area contributed by atoms with E-state index in [9.17, 15) is 30.7 Å². The van der Waals surface area contributed by atoms with Crippen molar-refractivity contribution in [2.24, 2.45) is 11.3 Å². The summed E-state index contributed by atoms with van der Waals surface area (Å²) in [6.07, 6.45) is -5.95. The molecule has 0 spiro atoms. The first-order valence-corrected chi connectivity index (χ1v) is 4.29. The van der Waals surface area contributed by atoms with Crippen LogP contribution in [0.25, 0.3) is 0 Å². The average molecular weight is 238 g/mol. The van der Waals surface area contributed by atoms with Crippen molar-refractivity contribution in [2.75, 3.05) is 0 Å². The molecule has 0 aliphatic heterocycles. The summed E-state index contributed by atoms with van der Waals surface area (Å²) < 4.78 is 87.6. The highest BCUT2D eigenvalue weighted by molar-refractivity contribution is 5.27. The van der Waals surface area contributed by atoms with Crippen LogP contribution in [0.2, 0.25) is 0 Å². The van der Waals surface area contributed by atoms with Crippen molar-refractivity contribution in [3.05, 3.63) is 0 Å². The highest BCUT2D eigenvalue weighted by Crippen LogP contribution is 2.78. The van der Waals surface area contributed by atoms with Gasteiger partial charge in [-0.1, -0.05) is 13.8 Å². The lowest BCUT2D eigenvalue weighted by Crippen LogP contribution is -2.34. The Balaban J connectivity index is 3.12. The Kier molecular flexibility index (Phi) is 2.34. The molecular weight excluding hydrogens is 229 g/mol. The summed E-state index contributed by atoms with van der Waals surface area (Å²) in [6, 6.07) is 0. The number of hydrogen-bond acceptors (Lipinski definition) is 0. The summed E-state index contributed by atoms with van der Waals surface area (Å²) in [7, 11) is 0. The van der Waals surface area contributed by atoms with E-state index in [2.05, 4.69) is 0 Å². The second kappa shape index (κ2) is 2.79. The molecule has 0 aromatic heterocycles. The molecule has 90 valence electrons. The van der Waals surface area contributed by atoms with Crippen molar-refractivity contribution < 1.29 is 30.7 Å². The molecule has 0 bridgehead atoms. The fourth-order valence-electron chi connectivity index (χ4n) is 2.06. The monoisotopic (exact) mass is 238 g/mol. The summed E-state index contributed by atoms with van der Waals surface area (Å²) in [5.41, 5.74) is -3.27. The highest BCUT2D eigenvalue weighted by atomic mass is 19.4. The molecular formula is C8H9F7. The van der Waals surface area contributed by atoms with Crippen LogP contribution in [-0.2, 0) is 0 Å². The lowest BCUT2D eigenvalue weighted by molar-refractivity contribution is -0.203. The Bertz CT molecular complexity index is 251. The molecule has 0 N–H and O–H groups in total. The molecule has 0 aromatic rings. The third kappa shape index (κ3) is 1.15. The summed E-state index contributed by atoms with van der Waals surface area (Å²) in [5.74, 6) is -11.9. The molecule has 1 rings (SSSR count). The molecule has 15 heavy (non-hydrogen) atoms. The predicted octanol–water partition coefficient (Wildman–Crippen LogP) is 3.87. The number of rotatable bonds is 2. The zero-order chi connectivity index (χ0) is 12.3. The molecule has 0 amide bonds. The molecule has 1 unspecified atom stereocenters. The van der Waals surface area contributed by atoms with Crippen LogP contribution in [0, 0.1) is 11.3 Å². The first kappa shape index (κ1) is 12.6. The number of hydrogen-bond donors (Lipinski definition) is 0. The van der Waals surface area contributed by atoms with Gasteiger partial charge in [0.05, 0.1) is 5.92 Å². The van der Waals surface area contributed by atoms with E-state index in [4.69, 9.17) is 0 Å². The standard InChI is InChI=1S/C8H9F7/c1-3-5(4(2)6(9,10)11)7(12,13)8(5,14)15/h4H,3H2,1-2H3. The quantitative estimate of drug-likeness (QED) is 0.640. The Morgan fingerprint density at radius 1 is 1.00 bits per heavy atom. The first-order chi connectivity index (χ1) is 6.47. The fourth-order valence-corrected chi connectivity index (χ4v) is 2.06. The smallest absolute Gasteiger partial charge is 0.199 e. The van der Waals surface area contributed by atoms with Gasteiger partial charge in [-0.2, -0.15) is 30.7 Å². The molecule has 0 aromatic carbocycles. The van der Waals surface area contributed by atoms with E-state index in [0.29, 0.717) is 6.92 Å². The zero-order valence-electron chi connectivity index (χ0n) is 7.93. The minimum absolute atomic E-state index is 0.373. The van der Waals surface area contributed by atoms with E-state index in [1.807, 2.05) is 0 Å². The summed E-state index contributed by atoms with van der Waals surface area (Å²) in [4.78, 5) is 0. The largest absolute Gasteiger partial charge is 0.392 e. The van der Waals surface area contributed by atoms with Crippen LogP contribution >= 0.6 is 0 Å². The van der Waals surface area contributed by atoms with Crippen LogP contribution in [-0.4, -0.2) is 18.0 Å². The normalized spacial score (nSPS) is 28.6. The number of halogens is 7. The second-order valence-electron chi connectivity index (χ2n) is 3.74. The predicted molar refractivity (Wildman–Crippen MR) is 37.8 cm³/mol. The molecule has 0 heterocycles. The van der Waals surface area contributed by atoms with Gasteiger partial charge in [0.2, 0.25) is 0 Å². The molecule has 0 radical (unpaired) electrons. The topological polar surface area (TPSA) is 0 Å². The summed E-state index contributed by atoms with van der Waals surface area (Å²) in [5, 5.41) is 0. The van der Waals surface area contributed by atoms with E-state index in [1.54, 1.807) is 0 Å². The van der Waals surface area contributed by atoms with Gasteiger partial charge in [-0.3, -0.25) is 0 Å². The summed E-state index contributed by atoms with van der Waals surface area (Å²) in [6.45, 7) is 1.29. The van der Waals surface area contributed by atoms with Gasteiger partial charge in [-0.05, 0) is 6.42 Å². The third-order valence-electron chi connectivity index (χ3n) is 3.24. The second-order valence-corrected chi connectivity index (χ2v) is 3.74. The molecule has 1 fully saturated rings. The van der Waals surface area contributed by atoms with E-state index in [-0.39, 0.29) is 0 Å². The van der Waals surface area contributed by atoms with Crippen molar-refractivity contribution in [2.45, 2.75) is 38.3 Å². The average Bonchev–Trinajstić information content (AvgIpc) is 2.37. The van der Waals surface area contributed by atoms with Crippen LogP contribution in [0.3, 0.4) is 0 Å². The zero-order valence-corrected chi connectivity index (χ0v) is 7.93. The lowest BCUT2D eigenvalue weighted by Gasteiger charge is -2.23. The minimum Gasteiger partial charge on any atom is -0.199 e. The molecule has 7 heteroatoms. The molecule has 1 atom stereocenters. The lowest BCUT2D eigenvalue weighted by atomic mass is 9.86. The fraction of sp³-hybridized carbons (Fsp3) is 1.00. The maximum absolute atomic E-state index is 12.8. The Labute approximate surface area is 81.4 Å². The minimum atomic E-state index is -5.04. The van der Waals surface area contributed by atoms with Crippen molar-refractivity contribution in [1.29, 1.82) is 0 Å². The van der Waals surface area contributed by atoms with Gasteiger partial charge >= 0.3 is 18.0 Å². The Morgan fingerprint density at radius 3 is 1.40 bits per heavy atom. The van der Waals surface area contributed by atoms with Gasteiger partial charge in [0.15, 0.2) is 0 Å². The van der Waals surface area contributed by atoms with E-state index < -0.39 is 35.8 Å². The SMILES string of the molecule is CCC1(C(C)C(F)(F)F)C(F)(F)C1(F)F. The molecule has 1 aliphatic carbocycles. The first-order valence-electron chi connectivity index (χ1n) is 4.29. The maximum Gasteiger partial charge on any atom is 0.392 e. The molecule has 0 nitrogen and oxygen atoms in total. The van der Waals surface area contributed by atoms with Gasteiger partial charge in [-0.15, -0.1) is 0 Å². The van der Waals surface area contributed by atoms with Gasteiger partial charge in [0.1, 0.15) is 5.41 Å². The van der Waals surface area contributed by atoms with Gasteiger partial charge < -0.3 is 0 Å². The van der Waals surface area contributed by atoms with Gasteiger partial charge in [0.25, 0.3) is 0 Å². The van der Waals surface area contributed by atoms with E-state index in [0.717, 1.165) is 6.92 Å². The van der Waals surface area contributed by atoms with Crippen LogP contribution in [0.5, 0.6) is 0 Å². The molecule has 1 aliphatic rings. The van der Waals surface area contributed by atoms with Gasteiger partial charge in [-0.25, -0.2) is 0 Å². The van der Waals surface area contributed by atoms with Crippen molar-refractivity contribution in [1.82, 2.24) is 0 Å².